The summed E-state index contributed by atoms with van der Waals surface area (Å²) in [5, 5.41) is 4.46. The molecule has 3 heterocycles. The van der Waals surface area contributed by atoms with E-state index in [0.717, 1.165) is 32.6 Å². The number of rotatable bonds is 4. The fourth-order valence-electron chi connectivity index (χ4n) is 3.04. The largest absolute Gasteiger partial charge is 1.00 e. The van der Waals surface area contributed by atoms with Gasteiger partial charge in [-0.2, -0.15) is 0 Å². The summed E-state index contributed by atoms with van der Waals surface area (Å²) in [6, 6.07) is 4.97. The zero-order valence-corrected chi connectivity index (χ0v) is 15.0. The molecule has 1 aromatic rings. The van der Waals surface area contributed by atoms with Gasteiger partial charge in [0.2, 0.25) is 0 Å². The van der Waals surface area contributed by atoms with Crippen LogP contribution in [0.3, 0.4) is 0 Å². The molecule has 2 aliphatic rings. The third-order valence-electron chi connectivity index (χ3n) is 4.04. The fourth-order valence-corrected chi connectivity index (χ4v) is 3.04. The fraction of sp³-hybridized carbons (Fsp3) is 0.643. The van der Waals surface area contributed by atoms with E-state index in [-0.39, 0.29) is 56.9 Å². The van der Waals surface area contributed by atoms with Crippen molar-refractivity contribution in [2.24, 2.45) is 0 Å². The standard InChI is InChI=1S/C14H20N3O.K/c1-2-5-16-9-11(3-4-14(16)18)10-17-12-6-13(17)8-15-7-12;/h3-4,9,12-13H,2,5-8,10H2,1H3;/q-1;+1. The van der Waals surface area contributed by atoms with Gasteiger partial charge in [0.1, 0.15) is 0 Å². The topological polar surface area (TPSA) is 39.3 Å². The van der Waals surface area contributed by atoms with Gasteiger partial charge in [0.25, 0.3) is 5.56 Å². The normalized spacial score (nSPS) is 25.5. The Hall–Kier alpha value is 0.506. The predicted molar refractivity (Wildman–Crippen MR) is 71.8 cm³/mol. The minimum absolute atomic E-state index is 0. The van der Waals surface area contributed by atoms with Crippen molar-refractivity contribution in [3.8, 4) is 0 Å². The summed E-state index contributed by atoms with van der Waals surface area (Å²) < 4.78 is 1.83. The van der Waals surface area contributed by atoms with Crippen LogP contribution in [0, 0.1) is 0 Å². The average Bonchev–Trinajstić information content (AvgIpc) is 2.40. The molecular weight excluding hydrogens is 265 g/mol. The number of fused-ring (bicyclic) bond motifs is 2. The number of piperidine rings is 1. The monoisotopic (exact) mass is 285 g/mol. The maximum absolute atomic E-state index is 11.7. The van der Waals surface area contributed by atoms with Crippen LogP contribution in [0.25, 0.3) is 5.32 Å². The van der Waals surface area contributed by atoms with Gasteiger partial charge < -0.3 is 9.88 Å². The molecule has 0 saturated carbocycles. The van der Waals surface area contributed by atoms with E-state index in [0.29, 0.717) is 12.1 Å². The van der Waals surface area contributed by atoms with Gasteiger partial charge in [0, 0.05) is 25.4 Å². The van der Waals surface area contributed by atoms with Crippen LogP contribution < -0.4 is 56.9 Å². The first-order valence-corrected chi connectivity index (χ1v) is 6.86. The molecule has 19 heavy (non-hydrogen) atoms. The van der Waals surface area contributed by atoms with Crippen LogP contribution in [0.4, 0.5) is 0 Å². The van der Waals surface area contributed by atoms with Crippen LogP contribution in [0.2, 0.25) is 0 Å². The van der Waals surface area contributed by atoms with Crippen LogP contribution in [0.5, 0.6) is 0 Å². The van der Waals surface area contributed by atoms with Crippen molar-refractivity contribution in [2.75, 3.05) is 13.1 Å². The van der Waals surface area contributed by atoms with Crippen molar-refractivity contribution in [3.63, 3.8) is 0 Å². The minimum Gasteiger partial charge on any atom is -0.660 e. The molecule has 2 fully saturated rings. The summed E-state index contributed by atoms with van der Waals surface area (Å²) in [5.74, 6) is 0. The maximum atomic E-state index is 11.7. The van der Waals surface area contributed by atoms with Gasteiger partial charge in [-0.1, -0.05) is 13.0 Å². The first-order valence-electron chi connectivity index (χ1n) is 6.86. The number of nitrogens with zero attached hydrogens (tertiary/aromatic N) is 3. The molecule has 98 valence electrons. The number of pyridine rings is 1. The van der Waals surface area contributed by atoms with Crippen LogP contribution in [0.15, 0.2) is 23.1 Å². The van der Waals surface area contributed by atoms with Crippen molar-refractivity contribution >= 4 is 0 Å². The van der Waals surface area contributed by atoms with E-state index in [1.165, 1.54) is 12.0 Å². The Morgan fingerprint density at radius 2 is 2.05 bits per heavy atom. The van der Waals surface area contributed by atoms with Crippen molar-refractivity contribution in [1.29, 1.82) is 0 Å². The Labute approximate surface area is 157 Å². The van der Waals surface area contributed by atoms with Gasteiger partial charge in [-0.3, -0.25) is 9.69 Å². The van der Waals surface area contributed by atoms with Gasteiger partial charge in [-0.05, 0) is 30.5 Å². The second-order valence-electron chi connectivity index (χ2n) is 5.37. The molecule has 1 aromatic heterocycles. The number of hydrogen-bond acceptors (Lipinski definition) is 2. The summed E-state index contributed by atoms with van der Waals surface area (Å²) in [5.41, 5.74) is 1.36. The first kappa shape index (κ1) is 15.9. The average molecular weight is 285 g/mol. The number of piperazine rings is 1. The Kier molecular flexibility index (Phi) is 5.84. The van der Waals surface area contributed by atoms with Crippen molar-refractivity contribution in [3.05, 3.63) is 39.6 Å². The van der Waals surface area contributed by atoms with E-state index in [1.54, 1.807) is 6.07 Å². The molecule has 2 bridgehead atoms. The third kappa shape index (κ3) is 3.40. The first-order chi connectivity index (χ1) is 8.78. The van der Waals surface area contributed by atoms with Gasteiger partial charge in [-0.25, -0.2) is 0 Å². The van der Waals surface area contributed by atoms with Crippen molar-refractivity contribution < 1.29 is 51.4 Å². The Morgan fingerprint density at radius 3 is 2.68 bits per heavy atom. The van der Waals surface area contributed by atoms with Crippen LogP contribution in [-0.2, 0) is 13.1 Å². The maximum Gasteiger partial charge on any atom is 1.00 e. The minimum atomic E-state index is 0. The van der Waals surface area contributed by atoms with E-state index in [1.807, 2.05) is 16.8 Å². The predicted octanol–water partition coefficient (Wildman–Crippen LogP) is -1.41. The van der Waals surface area contributed by atoms with Crippen LogP contribution in [0.1, 0.15) is 25.3 Å². The zero-order chi connectivity index (χ0) is 12.5. The summed E-state index contributed by atoms with van der Waals surface area (Å²) in [6.07, 6.45) is 4.33. The molecule has 0 radical (unpaired) electrons. The van der Waals surface area contributed by atoms with Gasteiger partial charge in [0.15, 0.2) is 0 Å². The molecule has 0 aromatic carbocycles. The molecule has 2 unspecified atom stereocenters. The van der Waals surface area contributed by atoms with E-state index < -0.39 is 0 Å². The molecule has 0 amide bonds. The number of aryl methyl sites for hydroxylation is 1. The van der Waals surface area contributed by atoms with Gasteiger partial charge >= 0.3 is 51.4 Å². The zero-order valence-electron chi connectivity index (χ0n) is 11.9. The number of aromatic nitrogens is 1. The van der Waals surface area contributed by atoms with E-state index in [9.17, 15) is 4.79 Å². The summed E-state index contributed by atoms with van der Waals surface area (Å²) in [4.78, 5) is 14.2. The quantitative estimate of drug-likeness (QED) is 0.638. The molecule has 2 aliphatic heterocycles. The van der Waals surface area contributed by atoms with Crippen molar-refractivity contribution in [2.45, 2.75) is 44.9 Å². The molecule has 2 atom stereocenters. The van der Waals surface area contributed by atoms with Gasteiger partial charge in [0.05, 0.1) is 0 Å². The number of hydrogen-bond donors (Lipinski definition) is 0. The Balaban J connectivity index is 0.00000133. The molecule has 0 aliphatic carbocycles. The Bertz CT molecular complexity index is 474. The second-order valence-corrected chi connectivity index (χ2v) is 5.37. The van der Waals surface area contributed by atoms with Crippen molar-refractivity contribution in [1.82, 2.24) is 9.47 Å². The second kappa shape index (κ2) is 6.98. The molecule has 0 spiro atoms. The van der Waals surface area contributed by atoms with Gasteiger partial charge in [-0.15, -0.1) is 13.1 Å². The summed E-state index contributed by atoms with van der Waals surface area (Å²) in [7, 11) is 0. The third-order valence-corrected chi connectivity index (χ3v) is 4.04. The molecule has 0 N–H and O–H groups in total. The van der Waals surface area contributed by atoms with E-state index >= 15 is 0 Å². The Morgan fingerprint density at radius 1 is 1.32 bits per heavy atom. The molecule has 4 nitrogen and oxygen atoms in total. The molecular formula is C14H20KN3O. The molecule has 2 saturated heterocycles. The van der Waals surface area contributed by atoms with E-state index in [2.05, 4.69) is 17.1 Å². The van der Waals surface area contributed by atoms with E-state index in [4.69, 9.17) is 0 Å². The summed E-state index contributed by atoms with van der Waals surface area (Å²) in [6.45, 7) is 5.86. The smallest absolute Gasteiger partial charge is 0.660 e. The summed E-state index contributed by atoms with van der Waals surface area (Å²) >= 11 is 0. The van der Waals surface area contributed by atoms with Crippen LogP contribution in [-0.4, -0.2) is 34.6 Å². The SMILES string of the molecule is CCCn1cc(CN2C3C[N-]CC2C3)ccc1=O.[K+]. The molecule has 3 rings (SSSR count). The van der Waals surface area contributed by atoms with Crippen LogP contribution >= 0.6 is 0 Å². The molecule has 5 heteroatoms.